The summed E-state index contributed by atoms with van der Waals surface area (Å²) in [6, 6.07) is 12.7. The van der Waals surface area contributed by atoms with Crippen molar-refractivity contribution in [1.29, 1.82) is 0 Å². The predicted octanol–water partition coefficient (Wildman–Crippen LogP) is 4.04. The van der Waals surface area contributed by atoms with Gasteiger partial charge in [-0.1, -0.05) is 31.2 Å². The summed E-state index contributed by atoms with van der Waals surface area (Å²) in [5, 5.41) is 3.70. The first-order valence-corrected chi connectivity index (χ1v) is 6.95. The van der Waals surface area contributed by atoms with Gasteiger partial charge < -0.3 is 5.32 Å². The van der Waals surface area contributed by atoms with Gasteiger partial charge in [-0.3, -0.25) is 0 Å². The van der Waals surface area contributed by atoms with Gasteiger partial charge in [0.2, 0.25) is 0 Å². The second-order valence-corrected chi connectivity index (χ2v) is 4.86. The molecule has 4 heteroatoms. The van der Waals surface area contributed by atoms with Crippen LogP contribution in [0.4, 0.5) is 10.2 Å². The molecule has 21 heavy (non-hydrogen) atoms. The van der Waals surface area contributed by atoms with Gasteiger partial charge >= 0.3 is 0 Å². The number of hydrogen-bond acceptors (Lipinski definition) is 3. The van der Waals surface area contributed by atoms with Gasteiger partial charge in [0.25, 0.3) is 0 Å². The summed E-state index contributed by atoms with van der Waals surface area (Å²) >= 11 is 0. The number of nitrogens with one attached hydrogen (secondary N) is 1. The third-order valence-corrected chi connectivity index (χ3v) is 3.51. The van der Waals surface area contributed by atoms with E-state index in [1.165, 1.54) is 17.7 Å². The Morgan fingerprint density at radius 2 is 1.81 bits per heavy atom. The molecule has 0 spiro atoms. The molecule has 1 aromatic heterocycles. The van der Waals surface area contributed by atoms with E-state index in [0.29, 0.717) is 17.0 Å². The van der Waals surface area contributed by atoms with E-state index in [1.807, 2.05) is 12.1 Å². The van der Waals surface area contributed by atoms with Gasteiger partial charge in [0.1, 0.15) is 11.6 Å². The number of halogens is 1. The van der Waals surface area contributed by atoms with E-state index in [4.69, 9.17) is 0 Å². The lowest BCUT2D eigenvalue weighted by molar-refractivity contribution is 0.629. The van der Waals surface area contributed by atoms with Crippen molar-refractivity contribution in [3.63, 3.8) is 0 Å². The second-order valence-electron chi connectivity index (χ2n) is 4.86. The van der Waals surface area contributed by atoms with Gasteiger partial charge in [0.05, 0.1) is 5.52 Å². The highest BCUT2D eigenvalue weighted by Crippen LogP contribution is 2.25. The monoisotopic (exact) mass is 281 g/mol. The van der Waals surface area contributed by atoms with E-state index in [2.05, 4.69) is 34.3 Å². The third kappa shape index (κ3) is 2.57. The maximum absolute atomic E-state index is 13.4. The number of aryl methyl sites for hydroxylation is 1. The largest absolute Gasteiger partial charge is 0.373 e. The lowest BCUT2D eigenvalue weighted by Gasteiger charge is -2.08. The average molecular weight is 281 g/mol. The molecule has 0 saturated carbocycles. The standard InChI is InChI=1S/C17H16FN3/c1-3-11-4-6-12(7-5-11)16-20-15-9-8-13(18)10-14(15)17(19-2)21-16/h4-10H,3H2,1-2H3,(H,19,20,21). The fraction of sp³-hybridized carbons (Fsp3) is 0.176. The van der Waals surface area contributed by atoms with Crippen LogP contribution in [0.5, 0.6) is 0 Å². The van der Waals surface area contributed by atoms with Crippen molar-refractivity contribution in [2.45, 2.75) is 13.3 Å². The highest BCUT2D eigenvalue weighted by molar-refractivity contribution is 5.90. The van der Waals surface area contributed by atoms with E-state index >= 15 is 0 Å². The number of fused-ring (bicyclic) bond motifs is 1. The Morgan fingerprint density at radius 1 is 1.05 bits per heavy atom. The van der Waals surface area contributed by atoms with Gasteiger partial charge in [0.15, 0.2) is 5.82 Å². The molecule has 2 aromatic carbocycles. The van der Waals surface area contributed by atoms with Crippen LogP contribution >= 0.6 is 0 Å². The molecule has 0 atom stereocenters. The van der Waals surface area contributed by atoms with Crippen LogP contribution in [0.1, 0.15) is 12.5 Å². The van der Waals surface area contributed by atoms with Gasteiger partial charge in [-0.05, 0) is 30.2 Å². The summed E-state index contributed by atoms with van der Waals surface area (Å²) in [7, 11) is 1.77. The normalized spacial score (nSPS) is 10.8. The van der Waals surface area contributed by atoms with Crippen molar-refractivity contribution in [2.75, 3.05) is 12.4 Å². The van der Waals surface area contributed by atoms with Crippen LogP contribution < -0.4 is 5.32 Å². The average Bonchev–Trinajstić information content (AvgIpc) is 2.54. The van der Waals surface area contributed by atoms with E-state index in [9.17, 15) is 4.39 Å². The zero-order valence-corrected chi connectivity index (χ0v) is 12.0. The van der Waals surface area contributed by atoms with Gasteiger partial charge in [-0.2, -0.15) is 0 Å². The Morgan fingerprint density at radius 3 is 2.48 bits per heavy atom. The van der Waals surface area contributed by atoms with E-state index in [-0.39, 0.29) is 5.82 Å². The predicted molar refractivity (Wildman–Crippen MR) is 83.9 cm³/mol. The first kappa shape index (κ1) is 13.5. The van der Waals surface area contributed by atoms with E-state index in [0.717, 1.165) is 17.5 Å². The molecule has 1 N–H and O–H groups in total. The maximum Gasteiger partial charge on any atom is 0.162 e. The molecule has 0 aliphatic carbocycles. The molecular formula is C17H16FN3. The summed E-state index contributed by atoms with van der Waals surface area (Å²) in [5.41, 5.74) is 2.95. The quantitative estimate of drug-likeness (QED) is 0.787. The molecule has 0 unspecified atom stereocenters. The molecule has 3 nitrogen and oxygen atoms in total. The van der Waals surface area contributed by atoms with Crippen molar-refractivity contribution in [1.82, 2.24) is 9.97 Å². The molecule has 0 radical (unpaired) electrons. The van der Waals surface area contributed by atoms with Crippen molar-refractivity contribution < 1.29 is 4.39 Å². The van der Waals surface area contributed by atoms with Crippen molar-refractivity contribution in [3.8, 4) is 11.4 Å². The SMILES string of the molecule is CCc1ccc(-c2nc(NC)c3cc(F)ccc3n2)cc1. The Balaban J connectivity index is 2.16. The number of aromatic nitrogens is 2. The number of anilines is 1. The Labute approximate surface area is 122 Å². The smallest absolute Gasteiger partial charge is 0.162 e. The minimum absolute atomic E-state index is 0.289. The Hall–Kier alpha value is -2.49. The summed E-state index contributed by atoms with van der Waals surface area (Å²) in [6.45, 7) is 2.12. The molecule has 3 aromatic rings. The third-order valence-electron chi connectivity index (χ3n) is 3.51. The minimum Gasteiger partial charge on any atom is -0.373 e. The van der Waals surface area contributed by atoms with Crippen LogP contribution in [0.25, 0.3) is 22.3 Å². The summed E-state index contributed by atoms with van der Waals surface area (Å²) in [5.74, 6) is 0.984. The molecule has 1 heterocycles. The summed E-state index contributed by atoms with van der Waals surface area (Å²) in [6.07, 6.45) is 1.000. The minimum atomic E-state index is -0.289. The lowest BCUT2D eigenvalue weighted by Crippen LogP contribution is -1.99. The van der Waals surface area contributed by atoms with Crippen LogP contribution in [0.2, 0.25) is 0 Å². The highest BCUT2D eigenvalue weighted by Gasteiger charge is 2.09. The fourth-order valence-electron chi connectivity index (χ4n) is 2.31. The molecule has 106 valence electrons. The first-order chi connectivity index (χ1) is 10.2. The van der Waals surface area contributed by atoms with Crippen LogP contribution in [0.15, 0.2) is 42.5 Å². The van der Waals surface area contributed by atoms with E-state index in [1.54, 1.807) is 13.1 Å². The van der Waals surface area contributed by atoms with Gasteiger partial charge in [-0.25, -0.2) is 14.4 Å². The molecule has 0 fully saturated rings. The zero-order chi connectivity index (χ0) is 14.8. The van der Waals surface area contributed by atoms with Gasteiger partial charge in [0, 0.05) is 18.0 Å². The van der Waals surface area contributed by atoms with Crippen molar-refractivity contribution in [2.24, 2.45) is 0 Å². The van der Waals surface area contributed by atoms with Crippen LogP contribution in [0, 0.1) is 5.82 Å². The molecule has 3 rings (SSSR count). The Kier molecular flexibility index (Phi) is 3.52. The molecule has 0 amide bonds. The molecular weight excluding hydrogens is 265 g/mol. The number of rotatable bonds is 3. The first-order valence-electron chi connectivity index (χ1n) is 6.95. The fourth-order valence-corrected chi connectivity index (χ4v) is 2.31. The van der Waals surface area contributed by atoms with Crippen LogP contribution in [-0.4, -0.2) is 17.0 Å². The topological polar surface area (TPSA) is 37.8 Å². The number of nitrogens with zero attached hydrogens (tertiary/aromatic N) is 2. The van der Waals surface area contributed by atoms with Crippen molar-refractivity contribution >= 4 is 16.7 Å². The zero-order valence-electron chi connectivity index (χ0n) is 12.0. The van der Waals surface area contributed by atoms with Crippen molar-refractivity contribution in [3.05, 3.63) is 53.8 Å². The molecule has 0 saturated heterocycles. The molecule has 0 aliphatic heterocycles. The molecule has 0 aliphatic rings. The lowest BCUT2D eigenvalue weighted by atomic mass is 10.1. The summed E-state index contributed by atoms with van der Waals surface area (Å²) < 4.78 is 13.4. The number of hydrogen-bond donors (Lipinski definition) is 1. The van der Waals surface area contributed by atoms with E-state index < -0.39 is 0 Å². The van der Waals surface area contributed by atoms with Crippen LogP contribution in [0.3, 0.4) is 0 Å². The van der Waals surface area contributed by atoms with Gasteiger partial charge in [-0.15, -0.1) is 0 Å². The second kappa shape index (κ2) is 5.48. The number of benzene rings is 2. The maximum atomic E-state index is 13.4. The molecule has 0 bridgehead atoms. The van der Waals surface area contributed by atoms with Crippen LogP contribution in [-0.2, 0) is 6.42 Å². The Bertz CT molecular complexity index is 782. The summed E-state index contributed by atoms with van der Waals surface area (Å²) in [4.78, 5) is 9.03. The highest BCUT2D eigenvalue weighted by atomic mass is 19.1.